The summed E-state index contributed by atoms with van der Waals surface area (Å²) in [5.41, 5.74) is 10.4. The third-order valence-electron chi connectivity index (χ3n) is 4.40. The molecule has 0 fully saturated rings. The van der Waals surface area contributed by atoms with Crippen LogP contribution in [0.5, 0.6) is 0 Å². The van der Waals surface area contributed by atoms with E-state index in [1.54, 1.807) is 32.2 Å². The molecule has 2 rings (SSSR count). The molecular weight excluding hydrogens is 529 g/mol. The van der Waals surface area contributed by atoms with Gasteiger partial charge in [-0.2, -0.15) is 0 Å². The molecule has 0 radical (unpaired) electrons. The predicted octanol–water partition coefficient (Wildman–Crippen LogP) is -3.07. The SMILES string of the molecule is CC(=O)[N-]S(=O)(=O)c1ccc(N)cc1.CC(C)(CO)[C@@H](O)C(=O)NCCCO.NC(=O)c1cccnc1.[Na+]. The zero-order valence-electron chi connectivity index (χ0n) is 21.9. The molecule has 1 aromatic carbocycles. The first-order valence-corrected chi connectivity index (χ1v) is 12.3. The number of carbonyl (C=O) groups is 3. The molecule has 0 saturated carbocycles. The van der Waals surface area contributed by atoms with Gasteiger partial charge in [-0.25, -0.2) is 8.42 Å². The molecule has 1 atom stereocenters. The van der Waals surface area contributed by atoms with Crippen molar-refractivity contribution in [1.29, 1.82) is 0 Å². The van der Waals surface area contributed by atoms with Crippen LogP contribution in [0.2, 0.25) is 0 Å². The van der Waals surface area contributed by atoms with Gasteiger partial charge in [-0.3, -0.25) is 14.6 Å². The monoisotopic (exact) mass is 563 g/mol. The minimum Gasteiger partial charge on any atom is -0.542 e. The van der Waals surface area contributed by atoms with Crippen molar-refractivity contribution in [2.45, 2.75) is 38.2 Å². The molecular formula is C23H34N5NaO8S. The smallest absolute Gasteiger partial charge is 0.542 e. The maximum Gasteiger partial charge on any atom is 1.00 e. The molecule has 0 aliphatic rings. The Balaban J connectivity index is 0. The number of aliphatic hydroxyl groups is 3. The Kier molecular flexibility index (Phi) is 18.4. The average Bonchev–Trinajstić information content (AvgIpc) is 2.84. The van der Waals surface area contributed by atoms with Crippen LogP contribution < -0.4 is 46.3 Å². The number of nitrogens with one attached hydrogen (secondary N) is 1. The molecule has 0 saturated heterocycles. The molecule has 1 heterocycles. The second kappa shape index (κ2) is 18.6. The van der Waals surface area contributed by atoms with E-state index in [-0.39, 0.29) is 47.7 Å². The molecule has 0 unspecified atom stereocenters. The number of nitrogens with zero attached hydrogens (tertiary/aromatic N) is 2. The van der Waals surface area contributed by atoms with Gasteiger partial charge < -0.3 is 41.6 Å². The number of carbonyl (C=O) groups excluding carboxylic acids is 3. The Morgan fingerprint density at radius 3 is 2.11 bits per heavy atom. The molecule has 2 aromatic rings. The molecule has 1 aromatic heterocycles. The summed E-state index contributed by atoms with van der Waals surface area (Å²) in [5.74, 6) is -1.71. The van der Waals surface area contributed by atoms with E-state index in [4.69, 9.17) is 21.7 Å². The Morgan fingerprint density at radius 1 is 1.13 bits per heavy atom. The molecule has 3 amide bonds. The van der Waals surface area contributed by atoms with E-state index in [0.29, 0.717) is 24.2 Å². The third-order valence-corrected chi connectivity index (χ3v) is 5.77. The van der Waals surface area contributed by atoms with Crippen molar-refractivity contribution < 1.29 is 67.7 Å². The van der Waals surface area contributed by atoms with Crippen molar-refractivity contribution in [1.82, 2.24) is 10.3 Å². The van der Waals surface area contributed by atoms with Gasteiger partial charge in [0.1, 0.15) is 16.1 Å². The van der Waals surface area contributed by atoms with Crippen molar-refractivity contribution in [3.05, 3.63) is 59.1 Å². The summed E-state index contributed by atoms with van der Waals surface area (Å²) < 4.78 is 25.7. The largest absolute Gasteiger partial charge is 1.00 e. The Morgan fingerprint density at radius 2 is 1.71 bits per heavy atom. The summed E-state index contributed by atoms with van der Waals surface area (Å²) in [5, 5.41) is 29.3. The number of hydrogen-bond donors (Lipinski definition) is 6. The van der Waals surface area contributed by atoms with Crippen molar-refractivity contribution in [2.75, 3.05) is 25.5 Å². The van der Waals surface area contributed by atoms with E-state index in [1.165, 1.54) is 30.5 Å². The van der Waals surface area contributed by atoms with Crippen LogP contribution in [0.25, 0.3) is 4.72 Å². The summed E-state index contributed by atoms with van der Waals surface area (Å²) in [6.45, 7) is 4.34. The number of anilines is 1. The van der Waals surface area contributed by atoms with Crippen LogP contribution in [0.15, 0.2) is 53.7 Å². The van der Waals surface area contributed by atoms with Crippen molar-refractivity contribution in [3.8, 4) is 0 Å². The zero-order chi connectivity index (χ0) is 28.6. The van der Waals surface area contributed by atoms with Gasteiger partial charge in [0.2, 0.25) is 11.8 Å². The number of primary amides is 1. The molecule has 0 bridgehead atoms. The van der Waals surface area contributed by atoms with E-state index in [2.05, 4.69) is 15.0 Å². The van der Waals surface area contributed by atoms with Gasteiger partial charge in [-0.05, 0) is 49.7 Å². The number of aliphatic hydroxyl groups excluding tert-OH is 3. The summed E-state index contributed by atoms with van der Waals surface area (Å²) >= 11 is 0. The Hall–Kier alpha value is -2.59. The second-order valence-electron chi connectivity index (χ2n) is 8.18. The van der Waals surface area contributed by atoms with Crippen LogP contribution in [0.4, 0.5) is 5.69 Å². The fourth-order valence-corrected chi connectivity index (χ4v) is 3.12. The molecule has 0 spiro atoms. The fraction of sp³-hybridized carbons (Fsp3) is 0.391. The second-order valence-corrected chi connectivity index (χ2v) is 9.78. The van der Waals surface area contributed by atoms with Crippen LogP contribution in [-0.4, -0.2) is 72.3 Å². The van der Waals surface area contributed by atoms with E-state index < -0.39 is 39.3 Å². The number of nitrogen functional groups attached to an aromatic ring is 1. The fourth-order valence-electron chi connectivity index (χ4n) is 2.20. The van der Waals surface area contributed by atoms with Gasteiger partial charge in [0.05, 0.1) is 23.0 Å². The van der Waals surface area contributed by atoms with Crippen molar-refractivity contribution in [2.24, 2.45) is 11.1 Å². The number of amides is 3. The minimum absolute atomic E-state index is 0. The molecule has 206 valence electrons. The van der Waals surface area contributed by atoms with E-state index in [0.717, 1.165) is 6.92 Å². The first-order valence-electron chi connectivity index (χ1n) is 10.9. The summed E-state index contributed by atoms with van der Waals surface area (Å²) in [6, 6.07) is 8.76. The van der Waals surface area contributed by atoms with Crippen molar-refractivity contribution >= 4 is 33.4 Å². The van der Waals surface area contributed by atoms with Gasteiger partial charge in [0.25, 0.3) is 0 Å². The number of nitrogens with two attached hydrogens (primary N) is 2. The predicted molar refractivity (Wildman–Crippen MR) is 136 cm³/mol. The summed E-state index contributed by atoms with van der Waals surface area (Å²) in [6.07, 6.45) is 2.25. The molecule has 8 N–H and O–H groups in total. The number of pyridine rings is 1. The quantitative estimate of drug-likeness (QED) is 0.102. The molecule has 15 heteroatoms. The van der Waals surface area contributed by atoms with Gasteiger partial charge in [0, 0.05) is 36.6 Å². The number of rotatable bonds is 9. The zero-order valence-corrected chi connectivity index (χ0v) is 24.7. The van der Waals surface area contributed by atoms with E-state index >= 15 is 0 Å². The van der Waals surface area contributed by atoms with Crippen molar-refractivity contribution in [3.63, 3.8) is 0 Å². The Bertz CT molecular complexity index is 1100. The topological polar surface area (TPSA) is 237 Å². The number of sulfonamides is 1. The first kappa shape index (κ1) is 37.6. The van der Waals surface area contributed by atoms with Crippen LogP contribution >= 0.6 is 0 Å². The number of benzene rings is 1. The van der Waals surface area contributed by atoms with Gasteiger partial charge in [0.15, 0.2) is 0 Å². The van der Waals surface area contributed by atoms with Crippen LogP contribution in [0.3, 0.4) is 0 Å². The maximum atomic E-state index is 11.3. The van der Waals surface area contributed by atoms with Crippen LogP contribution in [-0.2, 0) is 19.6 Å². The third kappa shape index (κ3) is 15.0. The number of aromatic nitrogens is 1. The molecule has 38 heavy (non-hydrogen) atoms. The molecule has 0 aliphatic carbocycles. The van der Waals surface area contributed by atoms with Gasteiger partial charge in [-0.15, -0.1) is 0 Å². The molecule has 0 aliphatic heterocycles. The van der Waals surface area contributed by atoms with Gasteiger partial charge in [-0.1, -0.05) is 13.8 Å². The van der Waals surface area contributed by atoms with Gasteiger partial charge >= 0.3 is 29.6 Å². The van der Waals surface area contributed by atoms with Crippen LogP contribution in [0, 0.1) is 5.41 Å². The minimum atomic E-state index is -3.86. The maximum absolute atomic E-state index is 11.3. The van der Waals surface area contributed by atoms with Crippen LogP contribution in [0.1, 0.15) is 37.6 Å². The average molecular weight is 564 g/mol. The normalized spacial score (nSPS) is 11.2. The number of hydrogen-bond acceptors (Lipinski definition) is 10. The Labute approximate surface area is 244 Å². The summed E-state index contributed by atoms with van der Waals surface area (Å²) in [4.78, 5) is 35.8. The first-order chi connectivity index (χ1) is 17.2. The van der Waals surface area contributed by atoms with E-state index in [1.807, 2.05) is 0 Å². The standard InChI is InChI=1S/C9H19NO4.C8H10N2O3S.C6H6N2O.Na/c1-9(2,6-12)7(13)8(14)10-4-3-5-11;1-6(11)10-14(12,13)8-4-2-7(9)3-5-8;7-6(9)5-2-1-3-8-4-5;/h7,11-13H,3-6H2,1-2H3,(H,10,14);2-5H,9H2,1H3,(H,10,11);1-4H,(H2,7,9);/q;;;+1/p-1/t7-;;;/m0.../s1. The van der Waals surface area contributed by atoms with E-state index in [9.17, 15) is 27.9 Å². The molecule has 13 nitrogen and oxygen atoms in total. The summed E-state index contributed by atoms with van der Waals surface area (Å²) in [7, 11) is -3.86.